The third kappa shape index (κ3) is 2.43. The van der Waals surface area contributed by atoms with Gasteiger partial charge in [-0.15, -0.1) is 0 Å². The number of nitrogens with zero attached hydrogens (tertiary/aromatic N) is 2. The minimum Gasteiger partial charge on any atom is -0.477 e. The van der Waals surface area contributed by atoms with Gasteiger partial charge in [-0.3, -0.25) is 4.68 Å². The molecule has 1 heterocycles. The maximum absolute atomic E-state index is 11.1. The first kappa shape index (κ1) is 11.2. The van der Waals surface area contributed by atoms with Crippen molar-refractivity contribution in [3.05, 3.63) is 17.5 Å². The molecule has 1 saturated carbocycles. The van der Waals surface area contributed by atoms with E-state index >= 15 is 0 Å². The first-order chi connectivity index (χ1) is 7.58. The van der Waals surface area contributed by atoms with Crippen molar-refractivity contribution in [2.75, 3.05) is 0 Å². The molecule has 0 radical (unpaired) electrons. The second kappa shape index (κ2) is 4.28. The van der Waals surface area contributed by atoms with E-state index in [1.54, 1.807) is 10.7 Å². The molecule has 0 aromatic carbocycles. The maximum Gasteiger partial charge on any atom is 0.354 e. The molecule has 2 rings (SSSR count). The van der Waals surface area contributed by atoms with Gasteiger partial charge < -0.3 is 5.11 Å². The van der Waals surface area contributed by atoms with Crippen molar-refractivity contribution in [3.8, 4) is 0 Å². The normalized spacial score (nSPS) is 15.7. The number of hydrogen-bond donors (Lipinski definition) is 1. The summed E-state index contributed by atoms with van der Waals surface area (Å²) in [6.45, 7) is 4.96. The number of aromatic nitrogens is 2. The summed E-state index contributed by atoms with van der Waals surface area (Å²) in [6.07, 6.45) is 3.27. The lowest BCUT2D eigenvalue weighted by atomic mass is 10.1. The van der Waals surface area contributed by atoms with Crippen molar-refractivity contribution in [1.82, 2.24) is 9.78 Å². The SMILES string of the molecule is CC(C)CCn1nc(C2CC2)cc1C(=O)O. The van der Waals surface area contributed by atoms with E-state index in [2.05, 4.69) is 18.9 Å². The number of carbonyl (C=O) groups is 1. The van der Waals surface area contributed by atoms with Crippen LogP contribution >= 0.6 is 0 Å². The first-order valence-electron chi connectivity index (χ1n) is 5.89. The highest BCUT2D eigenvalue weighted by Crippen LogP contribution is 2.39. The van der Waals surface area contributed by atoms with Gasteiger partial charge in [-0.2, -0.15) is 5.10 Å². The molecule has 0 amide bonds. The van der Waals surface area contributed by atoms with Crippen LogP contribution in [-0.2, 0) is 6.54 Å². The molecular weight excluding hydrogens is 204 g/mol. The highest BCUT2D eigenvalue weighted by molar-refractivity contribution is 5.85. The van der Waals surface area contributed by atoms with Crippen molar-refractivity contribution in [2.24, 2.45) is 5.92 Å². The van der Waals surface area contributed by atoms with Gasteiger partial charge in [0, 0.05) is 12.5 Å². The van der Waals surface area contributed by atoms with Gasteiger partial charge in [0.25, 0.3) is 0 Å². The number of rotatable bonds is 5. The van der Waals surface area contributed by atoms with E-state index in [0.717, 1.165) is 25.0 Å². The average molecular weight is 222 g/mol. The minimum atomic E-state index is -0.872. The van der Waals surface area contributed by atoms with Gasteiger partial charge in [0.05, 0.1) is 5.69 Å². The van der Waals surface area contributed by atoms with E-state index in [4.69, 9.17) is 5.11 Å². The van der Waals surface area contributed by atoms with Crippen molar-refractivity contribution in [1.29, 1.82) is 0 Å². The molecule has 4 nitrogen and oxygen atoms in total. The van der Waals surface area contributed by atoms with Gasteiger partial charge in [-0.25, -0.2) is 4.79 Å². The summed E-state index contributed by atoms with van der Waals surface area (Å²) in [5, 5.41) is 13.5. The quantitative estimate of drug-likeness (QED) is 0.832. The van der Waals surface area contributed by atoms with Gasteiger partial charge in [0.2, 0.25) is 0 Å². The van der Waals surface area contributed by atoms with Gasteiger partial charge >= 0.3 is 5.97 Å². The molecule has 1 N–H and O–H groups in total. The molecule has 0 spiro atoms. The van der Waals surface area contributed by atoms with E-state index in [9.17, 15) is 4.79 Å². The first-order valence-corrected chi connectivity index (χ1v) is 5.89. The van der Waals surface area contributed by atoms with Crippen molar-refractivity contribution < 1.29 is 9.90 Å². The summed E-state index contributed by atoms with van der Waals surface area (Å²) in [7, 11) is 0. The lowest BCUT2D eigenvalue weighted by Gasteiger charge is -2.06. The van der Waals surface area contributed by atoms with E-state index < -0.39 is 5.97 Å². The third-order valence-corrected chi connectivity index (χ3v) is 2.93. The molecule has 1 aromatic rings. The largest absolute Gasteiger partial charge is 0.477 e. The highest BCUT2D eigenvalue weighted by atomic mass is 16.4. The monoisotopic (exact) mass is 222 g/mol. The smallest absolute Gasteiger partial charge is 0.354 e. The van der Waals surface area contributed by atoms with Crippen molar-refractivity contribution in [3.63, 3.8) is 0 Å². The Labute approximate surface area is 95.3 Å². The van der Waals surface area contributed by atoms with Crippen LogP contribution in [0.5, 0.6) is 0 Å². The van der Waals surface area contributed by atoms with Crippen LogP contribution in [0.1, 0.15) is 55.2 Å². The number of hydrogen-bond acceptors (Lipinski definition) is 2. The van der Waals surface area contributed by atoms with Crippen LogP contribution in [0, 0.1) is 5.92 Å². The molecule has 4 heteroatoms. The highest BCUT2D eigenvalue weighted by Gasteiger charge is 2.28. The fraction of sp³-hybridized carbons (Fsp3) is 0.667. The van der Waals surface area contributed by atoms with E-state index in [0.29, 0.717) is 24.1 Å². The van der Waals surface area contributed by atoms with Gasteiger partial charge in [-0.05, 0) is 31.2 Å². The summed E-state index contributed by atoms with van der Waals surface area (Å²) >= 11 is 0. The Morgan fingerprint density at radius 3 is 2.81 bits per heavy atom. The summed E-state index contributed by atoms with van der Waals surface area (Å²) in [5.41, 5.74) is 1.30. The number of aryl methyl sites for hydroxylation is 1. The maximum atomic E-state index is 11.1. The molecule has 1 fully saturated rings. The molecule has 1 aliphatic carbocycles. The summed E-state index contributed by atoms with van der Waals surface area (Å²) in [6, 6.07) is 1.74. The summed E-state index contributed by atoms with van der Waals surface area (Å²) < 4.78 is 1.65. The Bertz CT molecular complexity index is 392. The Balaban J connectivity index is 2.16. The Morgan fingerprint density at radius 1 is 1.62 bits per heavy atom. The van der Waals surface area contributed by atoms with Crippen LogP contribution in [0.4, 0.5) is 0 Å². The Kier molecular flexibility index (Phi) is 2.99. The van der Waals surface area contributed by atoms with Crippen LogP contribution in [0.3, 0.4) is 0 Å². The second-order valence-electron chi connectivity index (χ2n) is 4.94. The Morgan fingerprint density at radius 2 is 2.31 bits per heavy atom. The van der Waals surface area contributed by atoms with Gasteiger partial charge in [0.1, 0.15) is 5.69 Å². The molecule has 1 aromatic heterocycles. The van der Waals surface area contributed by atoms with E-state index in [1.807, 2.05) is 0 Å². The van der Waals surface area contributed by atoms with Gasteiger partial charge in [-0.1, -0.05) is 13.8 Å². The lowest BCUT2D eigenvalue weighted by Crippen LogP contribution is -2.11. The van der Waals surface area contributed by atoms with E-state index in [-0.39, 0.29) is 0 Å². The number of aromatic carboxylic acids is 1. The zero-order valence-corrected chi connectivity index (χ0v) is 9.81. The number of carboxylic acids is 1. The lowest BCUT2D eigenvalue weighted by molar-refractivity contribution is 0.0682. The Hall–Kier alpha value is -1.32. The molecule has 88 valence electrons. The van der Waals surface area contributed by atoms with Crippen LogP contribution in [0.15, 0.2) is 6.07 Å². The van der Waals surface area contributed by atoms with Crippen LogP contribution < -0.4 is 0 Å². The molecule has 0 aliphatic heterocycles. The third-order valence-electron chi connectivity index (χ3n) is 2.93. The average Bonchev–Trinajstić information content (AvgIpc) is 2.95. The predicted molar refractivity (Wildman–Crippen MR) is 60.6 cm³/mol. The second-order valence-corrected chi connectivity index (χ2v) is 4.94. The van der Waals surface area contributed by atoms with E-state index in [1.165, 1.54) is 0 Å². The van der Waals surface area contributed by atoms with Crippen LogP contribution in [0.25, 0.3) is 0 Å². The summed E-state index contributed by atoms with van der Waals surface area (Å²) in [5.74, 6) is 0.205. The standard InChI is InChI=1S/C12H18N2O2/c1-8(2)5-6-14-11(12(15)16)7-10(13-14)9-3-4-9/h7-9H,3-6H2,1-2H3,(H,15,16). The molecule has 0 unspecified atom stereocenters. The van der Waals surface area contributed by atoms with Crippen LogP contribution in [-0.4, -0.2) is 20.9 Å². The number of carboxylic acid groups (broad SMARTS) is 1. The molecule has 0 saturated heterocycles. The van der Waals surface area contributed by atoms with Crippen molar-refractivity contribution in [2.45, 2.75) is 45.6 Å². The topological polar surface area (TPSA) is 55.1 Å². The molecular formula is C12H18N2O2. The zero-order chi connectivity index (χ0) is 11.7. The predicted octanol–water partition coefficient (Wildman–Crippen LogP) is 2.50. The fourth-order valence-corrected chi connectivity index (χ4v) is 1.74. The molecule has 0 atom stereocenters. The minimum absolute atomic E-state index is 0.336. The molecule has 0 bridgehead atoms. The molecule has 16 heavy (non-hydrogen) atoms. The summed E-state index contributed by atoms with van der Waals surface area (Å²) in [4.78, 5) is 11.1. The fourth-order valence-electron chi connectivity index (χ4n) is 1.74. The van der Waals surface area contributed by atoms with Gasteiger partial charge in [0.15, 0.2) is 0 Å². The van der Waals surface area contributed by atoms with Crippen molar-refractivity contribution >= 4 is 5.97 Å². The van der Waals surface area contributed by atoms with Crippen LogP contribution in [0.2, 0.25) is 0 Å². The zero-order valence-electron chi connectivity index (χ0n) is 9.81. The molecule has 1 aliphatic rings.